The van der Waals surface area contributed by atoms with Crippen LogP contribution in [0.2, 0.25) is 0 Å². The van der Waals surface area contributed by atoms with Gasteiger partial charge in [0.15, 0.2) is 18.9 Å². The Morgan fingerprint density at radius 1 is 0.412 bits per heavy atom. The van der Waals surface area contributed by atoms with E-state index < -0.39 is 124 Å². The standard InChI is InChI=1S/C66H125NO18/c1-3-5-7-9-11-13-15-17-19-20-21-22-23-24-25-26-27-28-30-32-34-36-38-40-42-44-54(72)67-49(50(71)43-41-39-37-35-33-31-29-18-16-14-12-10-8-6-4-2)48-80-64-60(78)57(75)62(52(46-69)82-64)85-66-61(79)58(76)63(53(47-70)83-66)84-65-59(77)56(74)55(73)51(45-68)81-65/h20-21,49-53,55-66,68-71,73-79H,3-19,22-48H2,1-2H3,(H,67,72)/b21-20-. The Morgan fingerprint density at radius 3 is 1.14 bits per heavy atom. The summed E-state index contributed by atoms with van der Waals surface area (Å²) in [6, 6.07) is -0.883. The van der Waals surface area contributed by atoms with Gasteiger partial charge in [0.05, 0.1) is 38.6 Å². The van der Waals surface area contributed by atoms with Crippen LogP contribution in [0.4, 0.5) is 0 Å². The van der Waals surface area contributed by atoms with E-state index in [4.69, 9.17) is 28.4 Å². The average molecular weight is 1220 g/mol. The fraction of sp³-hybridized carbons (Fsp3) is 0.955. The molecule has 3 saturated heterocycles. The van der Waals surface area contributed by atoms with Gasteiger partial charge in [-0.3, -0.25) is 4.79 Å². The van der Waals surface area contributed by atoms with E-state index in [2.05, 4.69) is 31.3 Å². The topological polar surface area (TPSA) is 307 Å². The number of aliphatic hydroxyl groups is 11. The van der Waals surface area contributed by atoms with Crippen molar-refractivity contribution in [3.05, 3.63) is 12.2 Å². The number of hydrogen-bond donors (Lipinski definition) is 12. The zero-order chi connectivity index (χ0) is 61.9. The molecule has 0 spiro atoms. The zero-order valence-electron chi connectivity index (χ0n) is 52.9. The van der Waals surface area contributed by atoms with E-state index in [0.717, 1.165) is 44.9 Å². The summed E-state index contributed by atoms with van der Waals surface area (Å²) in [7, 11) is 0. The quantitative estimate of drug-likeness (QED) is 0.0201. The third-order valence-electron chi connectivity index (χ3n) is 17.6. The van der Waals surface area contributed by atoms with Crippen LogP contribution >= 0.6 is 0 Å². The molecule has 0 bridgehead atoms. The number of nitrogens with one attached hydrogen (secondary N) is 1. The third kappa shape index (κ3) is 31.9. The molecule has 3 rings (SSSR count). The molecule has 12 N–H and O–H groups in total. The number of carbonyl (C=O) groups is 1. The minimum Gasteiger partial charge on any atom is -0.394 e. The largest absolute Gasteiger partial charge is 0.394 e. The van der Waals surface area contributed by atoms with Crippen molar-refractivity contribution < 1.29 is 89.4 Å². The van der Waals surface area contributed by atoms with E-state index >= 15 is 0 Å². The van der Waals surface area contributed by atoms with Crippen molar-refractivity contribution in [3.63, 3.8) is 0 Å². The van der Waals surface area contributed by atoms with Gasteiger partial charge in [0, 0.05) is 6.42 Å². The van der Waals surface area contributed by atoms with E-state index in [1.807, 2.05) is 0 Å². The highest BCUT2D eigenvalue weighted by atomic mass is 16.8. The van der Waals surface area contributed by atoms with Gasteiger partial charge in [-0.25, -0.2) is 0 Å². The molecule has 0 saturated carbocycles. The van der Waals surface area contributed by atoms with Gasteiger partial charge >= 0.3 is 0 Å². The van der Waals surface area contributed by atoms with Crippen LogP contribution in [0.5, 0.6) is 0 Å². The lowest BCUT2D eigenvalue weighted by molar-refractivity contribution is -0.379. The minimum atomic E-state index is -1.97. The molecule has 0 aromatic rings. The second-order valence-corrected chi connectivity index (χ2v) is 25.0. The van der Waals surface area contributed by atoms with E-state index in [9.17, 15) is 61.0 Å². The van der Waals surface area contributed by atoms with E-state index in [0.29, 0.717) is 12.8 Å². The Morgan fingerprint density at radius 2 is 0.741 bits per heavy atom. The lowest BCUT2D eigenvalue weighted by atomic mass is 9.96. The minimum absolute atomic E-state index is 0.239. The summed E-state index contributed by atoms with van der Waals surface area (Å²) in [5, 5.41) is 121. The molecule has 19 nitrogen and oxygen atoms in total. The van der Waals surface area contributed by atoms with Crippen molar-refractivity contribution in [2.45, 2.75) is 375 Å². The zero-order valence-corrected chi connectivity index (χ0v) is 52.9. The molecule has 3 fully saturated rings. The summed E-state index contributed by atoms with van der Waals surface area (Å²) < 4.78 is 34.4. The van der Waals surface area contributed by atoms with Crippen LogP contribution in [-0.2, 0) is 33.2 Å². The normalized spacial score (nSPS) is 29.0. The summed E-state index contributed by atoms with van der Waals surface area (Å²) in [6.45, 7) is 1.82. The lowest BCUT2D eigenvalue weighted by Crippen LogP contribution is -2.66. The number of allylic oxidation sites excluding steroid dienone is 2. The fourth-order valence-electron chi connectivity index (χ4n) is 12.0. The van der Waals surface area contributed by atoms with Crippen molar-refractivity contribution in [2.75, 3.05) is 26.4 Å². The second-order valence-electron chi connectivity index (χ2n) is 25.0. The van der Waals surface area contributed by atoms with Crippen LogP contribution in [0, 0.1) is 0 Å². The Hall–Kier alpha value is -1.47. The number of ether oxygens (including phenoxy) is 6. The van der Waals surface area contributed by atoms with Crippen LogP contribution in [0.15, 0.2) is 12.2 Å². The summed E-state index contributed by atoms with van der Waals surface area (Å²) in [5.41, 5.74) is 0. The van der Waals surface area contributed by atoms with Crippen LogP contribution in [0.25, 0.3) is 0 Å². The number of hydrogen-bond acceptors (Lipinski definition) is 18. The predicted octanol–water partition coefficient (Wildman–Crippen LogP) is 8.50. The molecule has 0 radical (unpaired) electrons. The summed E-state index contributed by atoms with van der Waals surface area (Å²) in [4.78, 5) is 13.4. The highest BCUT2D eigenvalue weighted by Crippen LogP contribution is 2.33. The van der Waals surface area contributed by atoms with E-state index in [1.54, 1.807) is 0 Å². The molecular weight excluding hydrogens is 1090 g/mol. The van der Waals surface area contributed by atoms with Crippen LogP contribution < -0.4 is 5.32 Å². The van der Waals surface area contributed by atoms with E-state index in [1.165, 1.54) is 193 Å². The third-order valence-corrected chi connectivity index (χ3v) is 17.6. The van der Waals surface area contributed by atoms with Crippen LogP contribution in [0.1, 0.15) is 271 Å². The fourth-order valence-corrected chi connectivity index (χ4v) is 12.0. The predicted molar refractivity (Wildman–Crippen MR) is 328 cm³/mol. The molecule has 3 aliphatic rings. The summed E-state index contributed by atoms with van der Waals surface area (Å²) >= 11 is 0. The van der Waals surface area contributed by atoms with Gasteiger partial charge in [0.1, 0.15) is 73.2 Å². The van der Waals surface area contributed by atoms with Crippen LogP contribution in [0.3, 0.4) is 0 Å². The van der Waals surface area contributed by atoms with Gasteiger partial charge in [-0.1, -0.05) is 238 Å². The summed E-state index contributed by atoms with van der Waals surface area (Å²) in [5.74, 6) is -0.239. The van der Waals surface area contributed by atoms with Gasteiger partial charge in [0.25, 0.3) is 0 Å². The number of rotatable bonds is 53. The number of unbranched alkanes of at least 4 members (excludes halogenated alkanes) is 35. The van der Waals surface area contributed by atoms with Crippen LogP contribution in [-0.4, -0.2) is 193 Å². The van der Waals surface area contributed by atoms with Crippen molar-refractivity contribution in [1.29, 1.82) is 0 Å². The molecule has 0 aromatic carbocycles. The number of amides is 1. The maximum atomic E-state index is 13.4. The molecule has 1 amide bonds. The molecule has 17 atom stereocenters. The molecular formula is C66H125NO18. The molecule has 502 valence electrons. The molecule has 85 heavy (non-hydrogen) atoms. The molecule has 19 heteroatoms. The molecule has 3 heterocycles. The highest BCUT2D eigenvalue weighted by molar-refractivity contribution is 5.76. The van der Waals surface area contributed by atoms with Crippen molar-refractivity contribution in [1.82, 2.24) is 5.32 Å². The Bertz CT molecular complexity index is 1600. The first kappa shape index (κ1) is 77.8. The molecule has 0 aliphatic carbocycles. The van der Waals surface area contributed by atoms with Gasteiger partial charge in [-0.15, -0.1) is 0 Å². The molecule has 0 aromatic heterocycles. The maximum Gasteiger partial charge on any atom is 0.220 e. The number of aliphatic hydroxyl groups excluding tert-OH is 11. The van der Waals surface area contributed by atoms with Crippen molar-refractivity contribution in [2.24, 2.45) is 0 Å². The average Bonchev–Trinajstić information content (AvgIpc) is 3.63. The Labute approximate surface area is 512 Å². The SMILES string of the molecule is CCCCCCCCCC/C=C\CCCCCCCCCCCCCCCC(=O)NC(COC1OC(CO)C(OC2OC(CO)C(OC3OC(CO)C(O)C(O)C3O)C(O)C2O)C(O)C1O)C(O)CCCCCCCCCCCCCCCCC. The molecule has 3 aliphatic heterocycles. The summed E-state index contributed by atoms with van der Waals surface area (Å²) in [6.07, 6.45) is 25.8. The lowest BCUT2D eigenvalue weighted by Gasteiger charge is -2.48. The Kier molecular flexibility index (Phi) is 45.1. The first-order valence-corrected chi connectivity index (χ1v) is 34.4. The number of carbonyl (C=O) groups excluding carboxylic acids is 1. The van der Waals surface area contributed by atoms with Gasteiger partial charge < -0.3 is 89.9 Å². The van der Waals surface area contributed by atoms with Crippen molar-refractivity contribution in [3.8, 4) is 0 Å². The van der Waals surface area contributed by atoms with Gasteiger partial charge in [0.2, 0.25) is 5.91 Å². The first-order valence-electron chi connectivity index (χ1n) is 34.4. The second kappa shape index (κ2) is 49.3. The smallest absolute Gasteiger partial charge is 0.220 e. The highest BCUT2D eigenvalue weighted by Gasteiger charge is 2.53. The van der Waals surface area contributed by atoms with Crippen molar-refractivity contribution >= 4 is 5.91 Å². The van der Waals surface area contributed by atoms with E-state index in [-0.39, 0.29) is 18.9 Å². The Balaban J connectivity index is 1.42. The van der Waals surface area contributed by atoms with Gasteiger partial charge in [-0.05, 0) is 38.5 Å². The monoisotopic (exact) mass is 1220 g/mol. The van der Waals surface area contributed by atoms with Gasteiger partial charge in [-0.2, -0.15) is 0 Å². The molecule has 17 unspecified atom stereocenters. The maximum absolute atomic E-state index is 13.4. The first-order chi connectivity index (χ1) is 41.3.